The number of ether oxygens (including phenoxy) is 1. The van der Waals surface area contributed by atoms with Crippen molar-refractivity contribution in [2.75, 3.05) is 25.5 Å². The molecular formula is C23H28N6O3. The number of nitrogens with one attached hydrogen (secondary N) is 2. The highest BCUT2D eigenvalue weighted by Crippen LogP contribution is 2.23. The number of aromatic nitrogens is 3. The van der Waals surface area contributed by atoms with Gasteiger partial charge in [0.15, 0.2) is 0 Å². The summed E-state index contributed by atoms with van der Waals surface area (Å²) in [6.45, 7) is 6.81. The summed E-state index contributed by atoms with van der Waals surface area (Å²) in [5.74, 6) is 0.578. The first-order valence-corrected chi connectivity index (χ1v) is 10.6. The van der Waals surface area contributed by atoms with Crippen molar-refractivity contribution in [1.29, 1.82) is 0 Å². The molecular weight excluding hydrogens is 408 g/mol. The molecule has 4 heterocycles. The Hall–Kier alpha value is -3.62. The van der Waals surface area contributed by atoms with Crippen LogP contribution in [0.25, 0.3) is 17.0 Å². The van der Waals surface area contributed by atoms with Gasteiger partial charge in [0.25, 0.3) is 5.91 Å². The van der Waals surface area contributed by atoms with Crippen LogP contribution < -0.4 is 10.6 Å². The van der Waals surface area contributed by atoms with Crippen molar-refractivity contribution in [3.63, 3.8) is 0 Å². The monoisotopic (exact) mass is 436 g/mol. The lowest BCUT2D eigenvalue weighted by molar-refractivity contribution is 0.0293. The molecule has 1 aliphatic rings. The summed E-state index contributed by atoms with van der Waals surface area (Å²) in [6.07, 6.45) is 4.10. The van der Waals surface area contributed by atoms with Crippen LogP contribution in [0.2, 0.25) is 0 Å². The Labute approximate surface area is 186 Å². The van der Waals surface area contributed by atoms with Gasteiger partial charge in [0, 0.05) is 37.9 Å². The summed E-state index contributed by atoms with van der Waals surface area (Å²) in [4.78, 5) is 35.1. The number of hydrogen-bond acceptors (Lipinski definition) is 6. The molecule has 0 aliphatic carbocycles. The number of carbonyl (C=O) groups is 2. The van der Waals surface area contributed by atoms with Crippen LogP contribution in [-0.4, -0.2) is 63.0 Å². The first-order valence-electron chi connectivity index (χ1n) is 10.6. The molecule has 1 unspecified atom stereocenters. The molecule has 2 amide bonds. The highest BCUT2D eigenvalue weighted by molar-refractivity contribution is 5.94. The van der Waals surface area contributed by atoms with Crippen molar-refractivity contribution >= 4 is 23.5 Å². The van der Waals surface area contributed by atoms with Crippen LogP contribution in [0.15, 0.2) is 42.7 Å². The number of pyridine rings is 2. The number of rotatable bonds is 4. The summed E-state index contributed by atoms with van der Waals surface area (Å²) in [6, 6.07) is 9.36. The van der Waals surface area contributed by atoms with E-state index >= 15 is 0 Å². The fourth-order valence-electron chi connectivity index (χ4n) is 3.69. The van der Waals surface area contributed by atoms with Crippen LogP contribution in [0.4, 0.5) is 10.6 Å². The number of fused-ring (bicyclic) bond motifs is 1. The Morgan fingerprint density at radius 1 is 1.22 bits per heavy atom. The first kappa shape index (κ1) is 21.6. The van der Waals surface area contributed by atoms with Gasteiger partial charge in [-0.3, -0.25) is 9.20 Å². The minimum atomic E-state index is -0.506. The van der Waals surface area contributed by atoms with Crippen LogP contribution in [0.1, 0.15) is 37.6 Å². The maximum atomic E-state index is 12.3. The van der Waals surface area contributed by atoms with E-state index in [9.17, 15) is 9.59 Å². The predicted molar refractivity (Wildman–Crippen MR) is 122 cm³/mol. The normalized spacial score (nSPS) is 16.2. The van der Waals surface area contributed by atoms with Gasteiger partial charge in [-0.2, -0.15) is 0 Å². The molecule has 4 rings (SSSR count). The van der Waals surface area contributed by atoms with Crippen molar-refractivity contribution in [2.24, 2.45) is 0 Å². The zero-order valence-electron chi connectivity index (χ0n) is 18.8. The Bertz CT molecular complexity index is 1150. The number of nitrogens with zero attached hydrogens (tertiary/aromatic N) is 4. The molecule has 0 bridgehead atoms. The highest BCUT2D eigenvalue weighted by Gasteiger charge is 2.29. The predicted octanol–water partition coefficient (Wildman–Crippen LogP) is 3.18. The van der Waals surface area contributed by atoms with Gasteiger partial charge in [-0.1, -0.05) is 6.07 Å². The lowest BCUT2D eigenvalue weighted by Crippen LogP contribution is -2.36. The van der Waals surface area contributed by atoms with Crippen molar-refractivity contribution < 1.29 is 14.3 Å². The molecule has 9 nitrogen and oxygen atoms in total. The van der Waals surface area contributed by atoms with Gasteiger partial charge in [-0.05, 0) is 51.5 Å². The topological polar surface area (TPSA) is 101 Å². The highest BCUT2D eigenvalue weighted by atomic mass is 16.6. The zero-order chi connectivity index (χ0) is 22.9. The molecule has 0 saturated carbocycles. The Morgan fingerprint density at radius 3 is 2.78 bits per heavy atom. The van der Waals surface area contributed by atoms with Crippen LogP contribution in [-0.2, 0) is 4.74 Å². The fraction of sp³-hybridized carbons (Fsp3) is 0.391. The molecule has 3 aromatic rings. The van der Waals surface area contributed by atoms with Crippen LogP contribution in [0.3, 0.4) is 0 Å². The zero-order valence-corrected chi connectivity index (χ0v) is 18.8. The third-order valence-corrected chi connectivity index (χ3v) is 5.21. The number of imidazole rings is 1. The van der Waals surface area contributed by atoms with E-state index in [-0.39, 0.29) is 18.0 Å². The molecule has 0 radical (unpaired) electrons. The quantitative estimate of drug-likeness (QED) is 0.652. The second-order valence-corrected chi connectivity index (χ2v) is 8.83. The summed E-state index contributed by atoms with van der Waals surface area (Å²) in [5, 5.41) is 6.05. The van der Waals surface area contributed by atoms with Crippen molar-refractivity contribution in [3.05, 3.63) is 48.3 Å². The summed E-state index contributed by atoms with van der Waals surface area (Å²) < 4.78 is 7.37. The molecule has 9 heteroatoms. The van der Waals surface area contributed by atoms with Gasteiger partial charge in [-0.15, -0.1) is 0 Å². The van der Waals surface area contributed by atoms with E-state index in [0.29, 0.717) is 24.3 Å². The lowest BCUT2D eigenvalue weighted by atomic mass is 10.2. The minimum absolute atomic E-state index is 0.0996. The Kier molecular flexibility index (Phi) is 5.73. The van der Waals surface area contributed by atoms with E-state index in [4.69, 9.17) is 9.72 Å². The Morgan fingerprint density at radius 2 is 2.03 bits per heavy atom. The summed E-state index contributed by atoms with van der Waals surface area (Å²) >= 11 is 0. The molecule has 1 aliphatic heterocycles. The molecule has 3 aromatic heterocycles. The molecule has 168 valence electrons. The van der Waals surface area contributed by atoms with Gasteiger partial charge in [0.1, 0.15) is 17.1 Å². The molecule has 1 atom stereocenters. The molecule has 0 spiro atoms. The minimum Gasteiger partial charge on any atom is -0.444 e. The van der Waals surface area contributed by atoms with E-state index in [2.05, 4.69) is 15.6 Å². The molecule has 2 N–H and O–H groups in total. The van der Waals surface area contributed by atoms with E-state index in [1.165, 1.54) is 0 Å². The van der Waals surface area contributed by atoms with Crippen LogP contribution in [0, 0.1) is 0 Å². The maximum absolute atomic E-state index is 12.3. The van der Waals surface area contributed by atoms with E-state index in [1.807, 2.05) is 49.6 Å². The van der Waals surface area contributed by atoms with E-state index < -0.39 is 5.60 Å². The second kappa shape index (κ2) is 8.49. The van der Waals surface area contributed by atoms with E-state index in [1.54, 1.807) is 30.3 Å². The van der Waals surface area contributed by atoms with Gasteiger partial charge in [0.05, 0.1) is 17.6 Å². The lowest BCUT2D eigenvalue weighted by Gasteiger charge is -2.24. The van der Waals surface area contributed by atoms with Crippen LogP contribution >= 0.6 is 0 Å². The fourth-order valence-corrected chi connectivity index (χ4v) is 3.69. The summed E-state index contributed by atoms with van der Waals surface area (Å²) in [7, 11) is 1.60. The third kappa shape index (κ3) is 4.66. The van der Waals surface area contributed by atoms with Crippen molar-refractivity contribution in [3.8, 4) is 11.4 Å². The molecule has 1 saturated heterocycles. The first-order chi connectivity index (χ1) is 15.2. The average Bonchev–Trinajstić information content (AvgIpc) is 3.39. The molecule has 32 heavy (non-hydrogen) atoms. The van der Waals surface area contributed by atoms with Crippen molar-refractivity contribution in [2.45, 2.75) is 38.8 Å². The number of amides is 2. The number of likely N-dealkylation sites (tertiary alicyclic amines) is 1. The standard InChI is InChI=1S/C23H28N6O3/c1-23(2,3)32-22(31)28-10-9-16(14-28)26-19-7-5-6-17(27-19)18-13-25-20-12-15(21(30)24-4)8-11-29(18)20/h5-8,11-13,16H,9-10,14H2,1-4H3,(H,24,30)(H,26,27). The Balaban J connectivity index is 1.48. The van der Waals surface area contributed by atoms with Gasteiger partial charge < -0.3 is 20.3 Å². The number of carbonyl (C=O) groups excluding carboxylic acids is 2. The van der Waals surface area contributed by atoms with Crippen LogP contribution in [0.5, 0.6) is 0 Å². The molecule has 0 aromatic carbocycles. The van der Waals surface area contributed by atoms with Crippen molar-refractivity contribution in [1.82, 2.24) is 24.6 Å². The maximum Gasteiger partial charge on any atom is 0.410 e. The SMILES string of the molecule is CNC(=O)c1ccn2c(-c3cccc(NC4CCN(C(=O)OC(C)(C)C)C4)n3)cnc2c1. The van der Waals surface area contributed by atoms with Gasteiger partial charge in [-0.25, -0.2) is 14.8 Å². The third-order valence-electron chi connectivity index (χ3n) is 5.21. The summed E-state index contributed by atoms with van der Waals surface area (Å²) in [5.41, 5.74) is 2.31. The largest absolute Gasteiger partial charge is 0.444 e. The second-order valence-electron chi connectivity index (χ2n) is 8.83. The number of hydrogen-bond donors (Lipinski definition) is 2. The number of anilines is 1. The smallest absolute Gasteiger partial charge is 0.410 e. The van der Waals surface area contributed by atoms with E-state index in [0.717, 1.165) is 23.6 Å². The van der Waals surface area contributed by atoms with Gasteiger partial charge in [0.2, 0.25) is 0 Å². The molecule has 1 fully saturated rings. The van der Waals surface area contributed by atoms with Gasteiger partial charge >= 0.3 is 6.09 Å². The average molecular weight is 437 g/mol.